The molecule has 0 amide bonds. The number of nitrogen functional groups attached to an aromatic ring is 1. The monoisotopic (exact) mass is 375 g/mol. The molecule has 0 unspecified atom stereocenters. The lowest BCUT2D eigenvalue weighted by Gasteiger charge is -2.37. The zero-order valence-electron chi connectivity index (χ0n) is 15.2. The van der Waals surface area contributed by atoms with Gasteiger partial charge in [-0.1, -0.05) is 12.1 Å². The fourth-order valence-electron chi connectivity index (χ4n) is 4.16. The molecule has 0 saturated carbocycles. The molecule has 140 valence electrons. The van der Waals surface area contributed by atoms with E-state index >= 15 is 0 Å². The van der Waals surface area contributed by atoms with E-state index in [2.05, 4.69) is 0 Å². The van der Waals surface area contributed by atoms with E-state index < -0.39 is 11.6 Å². The minimum absolute atomic E-state index is 0.0623. The second-order valence-electron chi connectivity index (χ2n) is 7.12. The average molecular weight is 375 g/mol. The first-order valence-electron chi connectivity index (χ1n) is 8.82. The summed E-state index contributed by atoms with van der Waals surface area (Å²) >= 11 is 0. The van der Waals surface area contributed by atoms with Crippen LogP contribution >= 0.6 is 0 Å². The molecule has 2 aliphatic rings. The zero-order chi connectivity index (χ0) is 19.8. The molecule has 1 spiro atoms. The number of hydrogen-bond donors (Lipinski definition) is 3. The number of carbonyl (C=O) groups is 1. The normalized spacial score (nSPS) is 15.4. The zero-order valence-corrected chi connectivity index (χ0v) is 15.2. The smallest absolute Gasteiger partial charge is 0.342 e. The molecule has 0 atom stereocenters. The number of anilines is 1. The Morgan fingerprint density at radius 1 is 0.857 bits per heavy atom. The van der Waals surface area contributed by atoms with Crippen molar-refractivity contribution in [2.45, 2.75) is 19.4 Å². The number of phenols is 2. The molecule has 4 N–H and O–H groups in total. The summed E-state index contributed by atoms with van der Waals surface area (Å²) in [6, 6.07) is 11.7. The average Bonchev–Trinajstić information content (AvgIpc) is 2.96. The van der Waals surface area contributed by atoms with Gasteiger partial charge in [-0.25, -0.2) is 4.79 Å². The van der Waals surface area contributed by atoms with Crippen LogP contribution in [0, 0.1) is 13.8 Å². The molecule has 0 bridgehead atoms. The van der Waals surface area contributed by atoms with Crippen LogP contribution in [0.25, 0.3) is 0 Å². The minimum Gasteiger partial charge on any atom is -0.508 e. The SMILES string of the molecule is Cc1c(O)ccc2c1Oc1c(ccc(O)c1C)C21OC(=O)c2c(N)cccc21. The largest absolute Gasteiger partial charge is 0.508 e. The van der Waals surface area contributed by atoms with Crippen molar-refractivity contribution < 1.29 is 24.5 Å². The number of rotatable bonds is 0. The molecular formula is C22H17NO5. The third-order valence-electron chi connectivity index (χ3n) is 5.64. The van der Waals surface area contributed by atoms with Gasteiger partial charge >= 0.3 is 5.97 Å². The van der Waals surface area contributed by atoms with Crippen LogP contribution in [0.5, 0.6) is 23.0 Å². The summed E-state index contributed by atoms with van der Waals surface area (Å²) in [5.41, 5.74) is 8.29. The van der Waals surface area contributed by atoms with Crippen molar-refractivity contribution in [1.82, 2.24) is 0 Å². The molecule has 2 heterocycles. The molecule has 2 aliphatic heterocycles. The summed E-state index contributed by atoms with van der Waals surface area (Å²) in [5.74, 6) is 0.386. The summed E-state index contributed by atoms with van der Waals surface area (Å²) in [6.07, 6.45) is 0. The number of fused-ring (bicyclic) bond motifs is 6. The Balaban J connectivity index is 1.97. The fraction of sp³-hybridized carbons (Fsp3) is 0.136. The Hall–Kier alpha value is -3.67. The molecule has 0 saturated heterocycles. The molecule has 5 rings (SSSR count). The number of phenolic OH excluding ortho intramolecular Hbond substituents is 2. The maximum absolute atomic E-state index is 12.8. The van der Waals surface area contributed by atoms with E-state index in [0.717, 1.165) is 0 Å². The van der Waals surface area contributed by atoms with Crippen LogP contribution < -0.4 is 10.5 Å². The molecule has 0 fully saturated rings. The van der Waals surface area contributed by atoms with Crippen LogP contribution in [0.1, 0.15) is 38.2 Å². The van der Waals surface area contributed by atoms with Crippen LogP contribution in [0.4, 0.5) is 5.69 Å². The van der Waals surface area contributed by atoms with Gasteiger partial charge in [0.2, 0.25) is 0 Å². The van der Waals surface area contributed by atoms with Gasteiger partial charge in [0, 0.05) is 33.5 Å². The van der Waals surface area contributed by atoms with Gasteiger partial charge in [-0.3, -0.25) is 0 Å². The van der Waals surface area contributed by atoms with E-state index in [4.69, 9.17) is 15.2 Å². The lowest BCUT2D eigenvalue weighted by atomic mass is 9.76. The first-order chi connectivity index (χ1) is 13.4. The van der Waals surface area contributed by atoms with Gasteiger partial charge in [0.05, 0.1) is 5.56 Å². The quantitative estimate of drug-likeness (QED) is 0.407. The van der Waals surface area contributed by atoms with E-state index in [-0.39, 0.29) is 11.5 Å². The minimum atomic E-state index is -1.28. The summed E-state index contributed by atoms with van der Waals surface area (Å²) in [4.78, 5) is 12.8. The van der Waals surface area contributed by atoms with Gasteiger partial charge in [0.15, 0.2) is 5.60 Å². The highest BCUT2D eigenvalue weighted by Gasteiger charge is 2.55. The molecule has 3 aromatic carbocycles. The van der Waals surface area contributed by atoms with E-state index in [0.29, 0.717) is 50.6 Å². The number of carbonyl (C=O) groups excluding carboxylic acids is 1. The highest BCUT2D eigenvalue weighted by Crippen LogP contribution is 2.59. The predicted octanol–water partition coefficient (Wildman–Crippen LogP) is 3.86. The molecule has 0 aliphatic carbocycles. The molecular weight excluding hydrogens is 358 g/mol. The van der Waals surface area contributed by atoms with Crippen molar-refractivity contribution in [2.75, 3.05) is 5.73 Å². The van der Waals surface area contributed by atoms with Crippen LogP contribution in [0.3, 0.4) is 0 Å². The molecule has 3 aromatic rings. The standard InChI is InChI=1S/C22H17NO5/c1-10-16(24)8-6-13-19(10)27-20-11(2)17(25)9-7-14(20)22(13)12-4-3-5-15(23)18(12)21(26)28-22/h3-9,24-25H,23H2,1-2H3. The van der Waals surface area contributed by atoms with Crippen molar-refractivity contribution in [1.29, 1.82) is 0 Å². The van der Waals surface area contributed by atoms with E-state index in [1.807, 2.05) is 0 Å². The highest BCUT2D eigenvalue weighted by molar-refractivity contribution is 6.01. The Bertz CT molecular complexity index is 1140. The van der Waals surface area contributed by atoms with Gasteiger partial charge < -0.3 is 25.4 Å². The number of hydrogen-bond acceptors (Lipinski definition) is 6. The Labute approximate surface area is 160 Å². The second kappa shape index (κ2) is 5.19. The first-order valence-corrected chi connectivity index (χ1v) is 8.82. The number of ether oxygens (including phenoxy) is 2. The molecule has 6 heteroatoms. The lowest BCUT2D eigenvalue weighted by molar-refractivity contribution is 0.0223. The fourth-order valence-corrected chi connectivity index (χ4v) is 4.16. The Morgan fingerprint density at radius 3 is 2.00 bits per heavy atom. The number of aromatic hydroxyl groups is 2. The van der Waals surface area contributed by atoms with E-state index in [9.17, 15) is 15.0 Å². The predicted molar refractivity (Wildman–Crippen MR) is 102 cm³/mol. The third kappa shape index (κ3) is 1.79. The Morgan fingerprint density at radius 2 is 1.43 bits per heavy atom. The molecule has 6 nitrogen and oxygen atoms in total. The second-order valence-corrected chi connectivity index (χ2v) is 7.12. The van der Waals surface area contributed by atoms with Crippen molar-refractivity contribution in [3.8, 4) is 23.0 Å². The summed E-state index contributed by atoms with van der Waals surface area (Å²) in [7, 11) is 0. The van der Waals surface area contributed by atoms with Crippen molar-refractivity contribution in [2.24, 2.45) is 0 Å². The topological polar surface area (TPSA) is 102 Å². The van der Waals surface area contributed by atoms with Gasteiger partial charge in [-0.05, 0) is 44.2 Å². The van der Waals surface area contributed by atoms with Crippen molar-refractivity contribution in [3.05, 3.63) is 75.8 Å². The molecule has 0 aromatic heterocycles. The van der Waals surface area contributed by atoms with Gasteiger partial charge in [0.25, 0.3) is 0 Å². The van der Waals surface area contributed by atoms with Gasteiger partial charge in [0.1, 0.15) is 23.0 Å². The highest BCUT2D eigenvalue weighted by atomic mass is 16.6. The van der Waals surface area contributed by atoms with Crippen LogP contribution in [0.15, 0.2) is 42.5 Å². The third-order valence-corrected chi connectivity index (χ3v) is 5.64. The van der Waals surface area contributed by atoms with E-state index in [1.54, 1.807) is 56.3 Å². The summed E-state index contributed by atoms with van der Waals surface area (Å²) in [6.45, 7) is 3.45. The van der Waals surface area contributed by atoms with Crippen molar-refractivity contribution >= 4 is 11.7 Å². The first kappa shape index (κ1) is 16.5. The van der Waals surface area contributed by atoms with Crippen LogP contribution in [0.2, 0.25) is 0 Å². The molecule has 28 heavy (non-hydrogen) atoms. The maximum atomic E-state index is 12.8. The van der Waals surface area contributed by atoms with E-state index in [1.165, 1.54) is 0 Å². The van der Waals surface area contributed by atoms with Crippen LogP contribution in [-0.4, -0.2) is 16.2 Å². The molecule has 0 radical (unpaired) electrons. The van der Waals surface area contributed by atoms with Gasteiger partial charge in [-0.15, -0.1) is 0 Å². The lowest BCUT2D eigenvalue weighted by Crippen LogP contribution is -2.33. The summed E-state index contributed by atoms with van der Waals surface area (Å²) < 4.78 is 12.1. The number of benzene rings is 3. The van der Waals surface area contributed by atoms with Crippen molar-refractivity contribution in [3.63, 3.8) is 0 Å². The maximum Gasteiger partial charge on any atom is 0.342 e. The van der Waals surface area contributed by atoms with Gasteiger partial charge in [-0.2, -0.15) is 0 Å². The Kier molecular flexibility index (Phi) is 3.06. The number of nitrogens with two attached hydrogens (primary N) is 1. The summed E-state index contributed by atoms with van der Waals surface area (Å²) in [5, 5.41) is 20.4. The number of esters is 1. The van der Waals surface area contributed by atoms with Crippen LogP contribution in [-0.2, 0) is 10.3 Å².